The van der Waals surface area contributed by atoms with Crippen molar-refractivity contribution in [2.75, 3.05) is 23.4 Å². The number of sulfone groups is 1. The van der Waals surface area contributed by atoms with Gasteiger partial charge in [-0.2, -0.15) is 13.2 Å². The molecule has 3 aromatic rings. The molecule has 0 aromatic heterocycles. The van der Waals surface area contributed by atoms with Crippen LogP contribution in [0.1, 0.15) is 16.7 Å². The lowest BCUT2D eigenvalue weighted by molar-refractivity contribution is -0.137. The zero-order chi connectivity index (χ0) is 26.5. The second kappa shape index (κ2) is 11.5. The Bertz CT molecular complexity index is 1300. The van der Waals surface area contributed by atoms with Crippen LogP contribution in [0.25, 0.3) is 0 Å². The lowest BCUT2D eigenvalue weighted by atomic mass is 10.1. The summed E-state index contributed by atoms with van der Waals surface area (Å²) in [6, 6.07) is 22.4. The summed E-state index contributed by atoms with van der Waals surface area (Å²) in [6.07, 6.45) is -4.53. The third kappa shape index (κ3) is 7.64. The maximum atomic E-state index is 13.1. The number of anilines is 1. The molecule has 6 nitrogen and oxygen atoms in total. The van der Waals surface area contributed by atoms with E-state index in [-0.39, 0.29) is 23.7 Å². The SMILES string of the molecule is O=C(CN(Cc1ccccc1)C1CS(=O)(=O)CC1NCc1ccccc1)Nc1cccc(C(F)(F)F)c1. The number of nitrogens with one attached hydrogen (secondary N) is 2. The molecule has 2 atom stereocenters. The van der Waals surface area contributed by atoms with Crippen LogP contribution in [0.3, 0.4) is 0 Å². The first kappa shape index (κ1) is 26.8. The van der Waals surface area contributed by atoms with Gasteiger partial charge in [0.15, 0.2) is 9.84 Å². The molecule has 1 fully saturated rings. The topological polar surface area (TPSA) is 78.5 Å². The van der Waals surface area contributed by atoms with E-state index in [2.05, 4.69) is 10.6 Å². The molecule has 196 valence electrons. The molecule has 1 aliphatic heterocycles. The third-order valence-corrected chi connectivity index (χ3v) is 7.97. The molecular formula is C27H28F3N3O3S. The minimum Gasteiger partial charge on any atom is -0.325 e. The standard InChI is InChI=1S/C27H28F3N3O3S/c28-27(29,30)22-12-7-13-23(14-22)32-26(34)17-33(16-21-10-5-2-6-11-21)25-19-37(35,36)18-24(25)31-15-20-8-3-1-4-9-20/h1-14,24-25,31H,15-19H2,(H,32,34). The van der Waals surface area contributed by atoms with E-state index in [4.69, 9.17) is 0 Å². The highest BCUT2D eigenvalue weighted by molar-refractivity contribution is 7.91. The monoisotopic (exact) mass is 531 g/mol. The van der Waals surface area contributed by atoms with E-state index >= 15 is 0 Å². The fraction of sp³-hybridized carbons (Fsp3) is 0.296. The molecule has 1 aliphatic rings. The lowest BCUT2D eigenvalue weighted by Crippen LogP contribution is -2.51. The number of alkyl halides is 3. The van der Waals surface area contributed by atoms with E-state index in [1.54, 1.807) is 4.90 Å². The van der Waals surface area contributed by atoms with Gasteiger partial charge in [0.05, 0.1) is 23.6 Å². The Morgan fingerprint density at radius 3 is 2.19 bits per heavy atom. The average molecular weight is 532 g/mol. The molecule has 1 heterocycles. The minimum atomic E-state index is -4.53. The van der Waals surface area contributed by atoms with E-state index in [1.807, 2.05) is 60.7 Å². The molecule has 10 heteroatoms. The first-order valence-corrected chi connectivity index (χ1v) is 13.6. The number of rotatable bonds is 9. The molecule has 3 aromatic carbocycles. The Kier molecular flexibility index (Phi) is 8.31. The van der Waals surface area contributed by atoms with E-state index in [1.165, 1.54) is 12.1 Å². The molecule has 0 spiro atoms. The van der Waals surface area contributed by atoms with Gasteiger partial charge >= 0.3 is 6.18 Å². The van der Waals surface area contributed by atoms with E-state index < -0.39 is 39.6 Å². The molecule has 2 N–H and O–H groups in total. The number of nitrogens with zero attached hydrogens (tertiary/aromatic N) is 1. The summed E-state index contributed by atoms with van der Waals surface area (Å²) in [5.41, 5.74) is 1.05. The molecule has 1 saturated heterocycles. The lowest BCUT2D eigenvalue weighted by Gasteiger charge is -2.32. The highest BCUT2D eigenvalue weighted by Crippen LogP contribution is 2.30. The Morgan fingerprint density at radius 2 is 1.54 bits per heavy atom. The van der Waals surface area contributed by atoms with Crippen LogP contribution in [0.5, 0.6) is 0 Å². The quantitative estimate of drug-likeness (QED) is 0.435. The molecular weight excluding hydrogens is 503 g/mol. The molecule has 37 heavy (non-hydrogen) atoms. The fourth-order valence-electron chi connectivity index (χ4n) is 4.50. The van der Waals surface area contributed by atoms with Gasteiger partial charge in [0.2, 0.25) is 5.91 Å². The van der Waals surface area contributed by atoms with Crippen molar-refractivity contribution in [1.29, 1.82) is 0 Å². The van der Waals surface area contributed by atoms with Crippen molar-refractivity contribution >= 4 is 21.4 Å². The maximum Gasteiger partial charge on any atom is 0.416 e. The van der Waals surface area contributed by atoms with Crippen LogP contribution in [0.2, 0.25) is 0 Å². The average Bonchev–Trinajstić information content (AvgIpc) is 3.17. The smallest absolute Gasteiger partial charge is 0.325 e. The Labute approximate surface area is 214 Å². The Hall–Kier alpha value is -3.21. The van der Waals surface area contributed by atoms with Crippen molar-refractivity contribution < 1.29 is 26.4 Å². The summed E-state index contributed by atoms with van der Waals surface area (Å²) in [4.78, 5) is 14.8. The van der Waals surface area contributed by atoms with Crippen LogP contribution in [0.15, 0.2) is 84.9 Å². The minimum absolute atomic E-state index is 0.0253. The van der Waals surface area contributed by atoms with E-state index in [9.17, 15) is 26.4 Å². The van der Waals surface area contributed by atoms with Crippen molar-refractivity contribution in [3.8, 4) is 0 Å². The number of halogens is 3. The number of carbonyl (C=O) groups excluding carboxylic acids is 1. The van der Waals surface area contributed by atoms with Crippen molar-refractivity contribution in [3.63, 3.8) is 0 Å². The largest absolute Gasteiger partial charge is 0.416 e. The predicted molar refractivity (Wildman–Crippen MR) is 136 cm³/mol. The van der Waals surface area contributed by atoms with Gasteiger partial charge < -0.3 is 10.6 Å². The van der Waals surface area contributed by atoms with Gasteiger partial charge in [-0.05, 0) is 29.3 Å². The summed E-state index contributed by atoms with van der Waals surface area (Å²) in [7, 11) is -3.36. The second-order valence-electron chi connectivity index (χ2n) is 9.13. The number of carbonyl (C=O) groups is 1. The molecule has 4 rings (SSSR count). The predicted octanol–water partition coefficient (Wildman–Crippen LogP) is 4.10. The molecule has 1 amide bonds. The highest BCUT2D eigenvalue weighted by atomic mass is 32.2. The van der Waals surface area contributed by atoms with Crippen molar-refractivity contribution in [3.05, 3.63) is 102 Å². The molecule has 0 aliphatic carbocycles. The number of hydrogen-bond acceptors (Lipinski definition) is 5. The number of hydrogen-bond donors (Lipinski definition) is 2. The van der Waals surface area contributed by atoms with Crippen LogP contribution >= 0.6 is 0 Å². The molecule has 0 bridgehead atoms. The normalized spacial score (nSPS) is 19.1. The van der Waals surface area contributed by atoms with E-state index in [0.717, 1.165) is 23.3 Å². The molecule has 0 radical (unpaired) electrons. The third-order valence-electron chi connectivity index (χ3n) is 6.25. The summed E-state index contributed by atoms with van der Waals surface area (Å²) >= 11 is 0. The van der Waals surface area contributed by atoms with Crippen LogP contribution in [0.4, 0.5) is 18.9 Å². The molecule has 2 unspecified atom stereocenters. The van der Waals surface area contributed by atoms with Gasteiger partial charge in [-0.1, -0.05) is 66.7 Å². The van der Waals surface area contributed by atoms with Crippen LogP contribution in [-0.4, -0.2) is 49.4 Å². The number of amides is 1. The first-order valence-electron chi connectivity index (χ1n) is 11.8. The van der Waals surface area contributed by atoms with Crippen molar-refractivity contribution in [2.24, 2.45) is 0 Å². The second-order valence-corrected chi connectivity index (χ2v) is 11.3. The highest BCUT2D eigenvalue weighted by Gasteiger charge is 2.41. The van der Waals surface area contributed by atoms with Crippen LogP contribution < -0.4 is 10.6 Å². The summed E-state index contributed by atoms with van der Waals surface area (Å²) in [6.45, 7) is 0.586. The Morgan fingerprint density at radius 1 is 0.892 bits per heavy atom. The van der Waals surface area contributed by atoms with Crippen molar-refractivity contribution in [2.45, 2.75) is 31.3 Å². The Balaban J connectivity index is 1.53. The summed E-state index contributed by atoms with van der Waals surface area (Å²) in [5, 5.41) is 5.88. The van der Waals surface area contributed by atoms with Gasteiger partial charge in [-0.15, -0.1) is 0 Å². The molecule has 0 saturated carbocycles. The zero-order valence-electron chi connectivity index (χ0n) is 20.0. The van der Waals surface area contributed by atoms with Gasteiger partial charge in [0.25, 0.3) is 0 Å². The van der Waals surface area contributed by atoms with Gasteiger partial charge in [0.1, 0.15) is 0 Å². The van der Waals surface area contributed by atoms with Gasteiger partial charge in [-0.25, -0.2) is 8.42 Å². The van der Waals surface area contributed by atoms with Crippen LogP contribution in [-0.2, 0) is 33.9 Å². The van der Waals surface area contributed by atoms with Crippen LogP contribution in [0, 0.1) is 0 Å². The summed E-state index contributed by atoms with van der Waals surface area (Å²) in [5.74, 6) is -0.713. The number of benzene rings is 3. The van der Waals surface area contributed by atoms with Gasteiger partial charge in [-0.3, -0.25) is 9.69 Å². The fourth-order valence-corrected chi connectivity index (χ4v) is 6.48. The maximum absolute atomic E-state index is 13.1. The van der Waals surface area contributed by atoms with Crippen molar-refractivity contribution in [1.82, 2.24) is 10.2 Å². The zero-order valence-corrected chi connectivity index (χ0v) is 20.8. The summed E-state index contributed by atoms with van der Waals surface area (Å²) < 4.78 is 64.6. The van der Waals surface area contributed by atoms with E-state index in [0.29, 0.717) is 13.1 Å². The van der Waals surface area contributed by atoms with Gasteiger partial charge in [0, 0.05) is 30.9 Å². The first-order chi connectivity index (χ1) is 17.6.